The van der Waals surface area contributed by atoms with E-state index in [1.807, 2.05) is 6.92 Å². The molecular formula is C15H24N2OS. The lowest BCUT2D eigenvalue weighted by atomic mass is 9.80. The first-order valence-corrected chi connectivity index (χ1v) is 8.20. The zero-order valence-electron chi connectivity index (χ0n) is 12.3. The van der Waals surface area contributed by atoms with Crippen LogP contribution in [-0.4, -0.2) is 21.9 Å². The van der Waals surface area contributed by atoms with Gasteiger partial charge in [-0.1, -0.05) is 39.0 Å². The molecule has 3 rings (SSSR count). The topological polar surface area (TPSA) is 41.5 Å². The minimum absolute atomic E-state index is 0.0238. The van der Waals surface area contributed by atoms with Gasteiger partial charge >= 0.3 is 0 Å². The van der Waals surface area contributed by atoms with E-state index in [0.717, 1.165) is 17.0 Å². The fourth-order valence-corrected chi connectivity index (χ4v) is 4.74. The maximum Gasteiger partial charge on any atom is 0.265 e. The third-order valence-electron chi connectivity index (χ3n) is 5.39. The molecule has 19 heavy (non-hydrogen) atoms. The van der Waals surface area contributed by atoms with Crippen molar-refractivity contribution in [3.8, 4) is 0 Å². The Morgan fingerprint density at radius 1 is 1.32 bits per heavy atom. The normalized spacial score (nSPS) is 41.8. The zero-order chi connectivity index (χ0) is 13.8. The van der Waals surface area contributed by atoms with Gasteiger partial charge in [-0.3, -0.25) is 4.79 Å². The maximum atomic E-state index is 12.2. The molecule has 1 aliphatic heterocycles. The Balaban J connectivity index is 1.68. The van der Waals surface area contributed by atoms with Crippen LogP contribution in [-0.2, 0) is 4.79 Å². The molecule has 0 aromatic carbocycles. The first-order valence-electron chi connectivity index (χ1n) is 7.38. The number of thioether (sulfide) groups is 1. The molecule has 2 bridgehead atoms. The van der Waals surface area contributed by atoms with E-state index in [0.29, 0.717) is 6.04 Å². The van der Waals surface area contributed by atoms with E-state index < -0.39 is 4.75 Å². The van der Waals surface area contributed by atoms with Crippen LogP contribution in [0, 0.1) is 17.3 Å². The standard InChI is InChI=1S/C15H24N2OS/c1-14(2,3)15(4)12(18)17-13(19-15)16-11-8-9-5-6-10(11)7-9/h9-11H,5-8H2,1-4H3,(H,16,17,18)/t9-,10+,11+,15+/m1/s1. The smallest absolute Gasteiger partial charge is 0.265 e. The van der Waals surface area contributed by atoms with Gasteiger partial charge in [0.1, 0.15) is 4.75 Å². The van der Waals surface area contributed by atoms with E-state index in [4.69, 9.17) is 0 Å². The van der Waals surface area contributed by atoms with Gasteiger partial charge in [0.25, 0.3) is 5.91 Å². The Labute approximate surface area is 120 Å². The second kappa shape index (κ2) is 4.24. The minimum Gasteiger partial charge on any atom is -0.361 e. The van der Waals surface area contributed by atoms with Crippen LogP contribution in [0.5, 0.6) is 0 Å². The van der Waals surface area contributed by atoms with Gasteiger partial charge in [0, 0.05) is 6.04 Å². The number of hydrogen-bond acceptors (Lipinski definition) is 3. The molecule has 1 N–H and O–H groups in total. The van der Waals surface area contributed by atoms with Crippen molar-refractivity contribution in [3.05, 3.63) is 0 Å². The lowest BCUT2D eigenvalue weighted by Crippen LogP contribution is -2.42. The Morgan fingerprint density at radius 2 is 2.05 bits per heavy atom. The number of aliphatic imine (C=N–C) groups is 1. The molecule has 0 radical (unpaired) electrons. The van der Waals surface area contributed by atoms with Gasteiger partial charge in [-0.2, -0.15) is 4.99 Å². The molecule has 2 aliphatic carbocycles. The maximum absolute atomic E-state index is 12.2. The number of rotatable bonds is 1. The molecule has 1 amide bonds. The van der Waals surface area contributed by atoms with Gasteiger partial charge in [0.05, 0.1) is 0 Å². The Kier molecular flexibility index (Phi) is 3.01. The van der Waals surface area contributed by atoms with Crippen molar-refractivity contribution in [2.24, 2.45) is 22.2 Å². The summed E-state index contributed by atoms with van der Waals surface area (Å²) in [5.41, 5.74) is -0.0731. The highest BCUT2D eigenvalue weighted by atomic mass is 32.2. The summed E-state index contributed by atoms with van der Waals surface area (Å²) in [4.78, 5) is 16.5. The summed E-state index contributed by atoms with van der Waals surface area (Å²) >= 11 is 1.63. The molecule has 2 saturated carbocycles. The van der Waals surface area contributed by atoms with Crippen LogP contribution in [0.3, 0.4) is 0 Å². The number of fused-ring (bicyclic) bond motifs is 2. The quantitative estimate of drug-likeness (QED) is 0.802. The van der Waals surface area contributed by atoms with E-state index in [-0.39, 0.29) is 11.3 Å². The Bertz CT molecular complexity index is 440. The SMILES string of the molecule is CC(C)(C)[C@@]1(C)SC(N[C@H]2C[C@@H]3CC[C@H]2C3)=NC1=O. The summed E-state index contributed by atoms with van der Waals surface area (Å²) in [5, 5.41) is 4.42. The van der Waals surface area contributed by atoms with Crippen molar-refractivity contribution in [1.82, 2.24) is 5.32 Å². The van der Waals surface area contributed by atoms with E-state index >= 15 is 0 Å². The predicted molar refractivity (Wildman–Crippen MR) is 80.3 cm³/mol. The Morgan fingerprint density at radius 3 is 2.53 bits per heavy atom. The van der Waals surface area contributed by atoms with E-state index in [1.54, 1.807) is 11.8 Å². The van der Waals surface area contributed by atoms with Gasteiger partial charge in [0.2, 0.25) is 0 Å². The van der Waals surface area contributed by atoms with E-state index in [1.165, 1.54) is 25.7 Å². The summed E-state index contributed by atoms with van der Waals surface area (Å²) in [5.74, 6) is 1.75. The number of nitrogens with zero attached hydrogens (tertiary/aromatic N) is 1. The number of amidine groups is 1. The van der Waals surface area contributed by atoms with Crippen molar-refractivity contribution < 1.29 is 4.79 Å². The molecule has 3 nitrogen and oxygen atoms in total. The highest BCUT2D eigenvalue weighted by Crippen LogP contribution is 2.48. The summed E-state index contributed by atoms with van der Waals surface area (Å²) in [6.07, 6.45) is 5.40. The average molecular weight is 280 g/mol. The fourth-order valence-electron chi connectivity index (χ4n) is 3.57. The summed E-state index contributed by atoms with van der Waals surface area (Å²) in [7, 11) is 0. The second-order valence-electron chi connectivity index (χ2n) is 7.53. The summed E-state index contributed by atoms with van der Waals surface area (Å²) in [6.45, 7) is 8.38. The molecule has 0 aromatic heterocycles. The zero-order valence-corrected chi connectivity index (χ0v) is 13.1. The lowest BCUT2D eigenvalue weighted by molar-refractivity contribution is -0.121. The van der Waals surface area contributed by atoms with Crippen molar-refractivity contribution in [1.29, 1.82) is 0 Å². The first kappa shape index (κ1) is 13.5. The van der Waals surface area contributed by atoms with Crippen molar-refractivity contribution >= 4 is 22.8 Å². The molecule has 2 fully saturated rings. The molecule has 0 aromatic rings. The lowest BCUT2D eigenvalue weighted by Gasteiger charge is -2.35. The molecule has 1 heterocycles. The Hall–Kier alpha value is -0.510. The molecule has 0 spiro atoms. The second-order valence-corrected chi connectivity index (χ2v) is 8.94. The van der Waals surface area contributed by atoms with Gasteiger partial charge in [-0.05, 0) is 43.4 Å². The molecule has 0 saturated heterocycles. The van der Waals surface area contributed by atoms with Crippen molar-refractivity contribution in [2.45, 2.75) is 64.2 Å². The van der Waals surface area contributed by atoms with Crippen LogP contribution in [0.2, 0.25) is 0 Å². The summed E-state index contributed by atoms with van der Waals surface area (Å²) in [6, 6.07) is 0.556. The van der Waals surface area contributed by atoms with Crippen LogP contribution in [0.4, 0.5) is 0 Å². The number of carbonyl (C=O) groups is 1. The number of amides is 1. The summed E-state index contributed by atoms with van der Waals surface area (Å²) < 4.78 is -0.424. The van der Waals surface area contributed by atoms with Gasteiger partial charge in [0.15, 0.2) is 5.17 Å². The largest absolute Gasteiger partial charge is 0.361 e. The van der Waals surface area contributed by atoms with Crippen molar-refractivity contribution in [3.63, 3.8) is 0 Å². The average Bonchev–Trinajstić information content (AvgIpc) is 2.94. The molecule has 3 aliphatic rings. The first-order chi connectivity index (χ1) is 8.79. The van der Waals surface area contributed by atoms with Crippen LogP contribution < -0.4 is 5.32 Å². The van der Waals surface area contributed by atoms with Gasteiger partial charge in [-0.15, -0.1) is 0 Å². The molecule has 4 atom stereocenters. The number of nitrogens with one attached hydrogen (secondary N) is 1. The highest BCUT2D eigenvalue weighted by molar-refractivity contribution is 8.16. The highest BCUT2D eigenvalue weighted by Gasteiger charge is 2.51. The minimum atomic E-state index is -0.424. The molecule has 4 heteroatoms. The fraction of sp³-hybridized carbons (Fsp3) is 0.867. The van der Waals surface area contributed by atoms with E-state index in [2.05, 4.69) is 31.1 Å². The predicted octanol–water partition coefficient (Wildman–Crippen LogP) is 3.20. The molecular weight excluding hydrogens is 256 g/mol. The van der Waals surface area contributed by atoms with Crippen molar-refractivity contribution in [2.75, 3.05) is 0 Å². The third-order valence-corrected chi connectivity index (χ3v) is 6.99. The van der Waals surface area contributed by atoms with Crippen LogP contribution in [0.25, 0.3) is 0 Å². The van der Waals surface area contributed by atoms with E-state index in [9.17, 15) is 4.79 Å². The molecule has 0 unspecified atom stereocenters. The third kappa shape index (κ3) is 2.12. The number of hydrogen-bond donors (Lipinski definition) is 1. The van der Waals surface area contributed by atoms with Gasteiger partial charge < -0.3 is 5.32 Å². The van der Waals surface area contributed by atoms with Crippen LogP contribution in [0.15, 0.2) is 4.99 Å². The molecule has 106 valence electrons. The van der Waals surface area contributed by atoms with Crippen LogP contribution in [0.1, 0.15) is 53.4 Å². The monoisotopic (exact) mass is 280 g/mol. The van der Waals surface area contributed by atoms with Gasteiger partial charge in [-0.25, -0.2) is 0 Å². The van der Waals surface area contributed by atoms with Crippen LogP contribution >= 0.6 is 11.8 Å². The number of carbonyl (C=O) groups excluding carboxylic acids is 1.